The van der Waals surface area contributed by atoms with E-state index in [0.29, 0.717) is 12.0 Å². The Labute approximate surface area is 245 Å². The summed E-state index contributed by atoms with van der Waals surface area (Å²) in [6, 6.07) is 11.7. The lowest BCUT2D eigenvalue weighted by molar-refractivity contribution is -0.0919. The Balaban J connectivity index is 1.33. The van der Waals surface area contributed by atoms with Gasteiger partial charge in [0.05, 0.1) is 16.8 Å². The lowest BCUT2D eigenvalue weighted by Crippen LogP contribution is -2.65. The first-order valence-electron chi connectivity index (χ1n) is 17.0. The highest BCUT2D eigenvalue weighted by atomic mass is 16.3. The van der Waals surface area contributed by atoms with Gasteiger partial charge in [-0.25, -0.2) is 0 Å². The van der Waals surface area contributed by atoms with Crippen molar-refractivity contribution in [1.29, 1.82) is 0 Å². The van der Waals surface area contributed by atoms with Gasteiger partial charge in [-0.1, -0.05) is 69.6 Å². The summed E-state index contributed by atoms with van der Waals surface area (Å²) in [5, 5.41) is 15.6. The fraction of sp³-hybridized carbons (Fsp3) is 0.639. The first kappa shape index (κ1) is 26.4. The van der Waals surface area contributed by atoms with Crippen molar-refractivity contribution < 1.29 is 5.11 Å². The number of hydrogen-bond acceptors (Lipinski definition) is 4. The van der Waals surface area contributed by atoms with Gasteiger partial charge in [0.25, 0.3) is 0 Å². The molecule has 2 aromatic heterocycles. The Kier molecular flexibility index (Phi) is 6.77. The average molecular weight is 553 g/mol. The normalized spacial score (nSPS) is 36.9. The Morgan fingerprint density at radius 1 is 0.829 bits per heavy atom. The zero-order valence-electron chi connectivity index (χ0n) is 24.8. The van der Waals surface area contributed by atoms with Crippen LogP contribution in [0.3, 0.4) is 0 Å². The zero-order valence-corrected chi connectivity index (χ0v) is 24.8. The number of fused-ring (bicyclic) bond motifs is 5. The predicted molar refractivity (Wildman–Crippen MR) is 168 cm³/mol. The molecular formula is C36H48N4O. The lowest BCUT2D eigenvalue weighted by Gasteiger charge is -2.58. The molecule has 3 aromatic rings. The number of pyridine rings is 1. The molecule has 6 heterocycles. The maximum Gasteiger partial charge on any atom is 0.0994 e. The molecule has 1 spiro atoms. The number of aliphatic hydroxyl groups is 1. The highest BCUT2D eigenvalue weighted by molar-refractivity contribution is 6.09. The van der Waals surface area contributed by atoms with Crippen molar-refractivity contribution in [2.24, 2.45) is 11.3 Å². The van der Waals surface area contributed by atoms with Crippen molar-refractivity contribution in [3.8, 4) is 0 Å². The Bertz CT molecular complexity index is 1440. The minimum atomic E-state index is -0.813. The Hall–Kier alpha value is -2.21. The SMILES string of the molecule is O[C@]12C=C(c3nccc4c3[nH]c3ccccc34)C3CCN(CCCCCCCC1)C[C@@]31C[C@@H]3CCCCCCN3[C@H]12. The van der Waals surface area contributed by atoms with Crippen LogP contribution in [0.5, 0.6) is 0 Å². The van der Waals surface area contributed by atoms with E-state index in [1.54, 1.807) is 0 Å². The van der Waals surface area contributed by atoms with Crippen LogP contribution >= 0.6 is 0 Å². The van der Waals surface area contributed by atoms with Crippen LogP contribution in [0.4, 0.5) is 0 Å². The fourth-order valence-electron chi connectivity index (χ4n) is 10.3. The summed E-state index contributed by atoms with van der Waals surface area (Å²) in [7, 11) is 0. The molecule has 1 aromatic carbocycles. The second-order valence-electron chi connectivity index (χ2n) is 14.3. The van der Waals surface area contributed by atoms with Crippen LogP contribution in [0.15, 0.2) is 42.6 Å². The molecule has 4 aliphatic heterocycles. The highest BCUT2D eigenvalue weighted by Gasteiger charge is 2.65. The summed E-state index contributed by atoms with van der Waals surface area (Å²) in [6.45, 7) is 4.68. The number of rotatable bonds is 1. The number of para-hydroxylation sites is 1. The Morgan fingerprint density at radius 2 is 1.63 bits per heavy atom. The van der Waals surface area contributed by atoms with Gasteiger partial charge in [-0.2, -0.15) is 0 Å². The zero-order chi connectivity index (χ0) is 27.4. The predicted octanol–water partition coefficient (Wildman–Crippen LogP) is 7.30. The maximum absolute atomic E-state index is 13.1. The molecule has 2 unspecified atom stereocenters. The summed E-state index contributed by atoms with van der Waals surface area (Å²) >= 11 is 0. The Morgan fingerprint density at radius 3 is 2.56 bits per heavy atom. The number of aromatic nitrogens is 2. The van der Waals surface area contributed by atoms with Gasteiger partial charge in [-0.3, -0.25) is 9.88 Å². The van der Waals surface area contributed by atoms with Crippen LogP contribution in [0, 0.1) is 11.3 Å². The van der Waals surface area contributed by atoms with Crippen molar-refractivity contribution in [2.75, 3.05) is 26.2 Å². The van der Waals surface area contributed by atoms with Crippen molar-refractivity contribution in [1.82, 2.24) is 19.8 Å². The van der Waals surface area contributed by atoms with Crippen LogP contribution in [0.1, 0.15) is 95.6 Å². The van der Waals surface area contributed by atoms with Gasteiger partial charge >= 0.3 is 0 Å². The van der Waals surface area contributed by atoms with Gasteiger partial charge in [0, 0.05) is 46.5 Å². The molecule has 0 saturated carbocycles. The summed E-state index contributed by atoms with van der Waals surface area (Å²) in [4.78, 5) is 14.6. The molecule has 5 aliphatic rings. The number of nitrogens with one attached hydrogen (secondary N) is 1. The molecule has 4 fully saturated rings. The second kappa shape index (κ2) is 10.5. The number of allylic oxidation sites excluding steroid dienone is 1. The standard InChI is InChI=1S/C36H48N4O/c41-36-18-10-4-1-2-5-11-20-39-22-17-30(35(25-39)23-26-13-7-3-6-12-21-40(26)34(35)36)29(24-36)32-33-28(16-19-37-32)27-14-8-9-15-31(27)38-33/h8-9,14-16,19,24,26,30,34,38,41H,1-7,10-13,17-18,20-23,25H2/t26-,30?,34+,35-,36-/m0/s1. The van der Waals surface area contributed by atoms with Crippen molar-refractivity contribution in [3.05, 3.63) is 48.3 Å². The average Bonchev–Trinajstić information content (AvgIpc) is 3.49. The number of aromatic amines is 1. The van der Waals surface area contributed by atoms with E-state index in [2.05, 4.69) is 51.2 Å². The summed E-state index contributed by atoms with van der Waals surface area (Å²) < 4.78 is 0. The third-order valence-electron chi connectivity index (χ3n) is 11.9. The molecule has 6 atom stereocenters. The minimum absolute atomic E-state index is 0.0794. The van der Waals surface area contributed by atoms with Gasteiger partial charge in [-0.15, -0.1) is 0 Å². The van der Waals surface area contributed by atoms with Gasteiger partial charge in [-0.05, 0) is 87.9 Å². The van der Waals surface area contributed by atoms with E-state index in [1.165, 1.54) is 112 Å². The van der Waals surface area contributed by atoms with E-state index in [9.17, 15) is 5.11 Å². The first-order valence-corrected chi connectivity index (χ1v) is 17.0. The van der Waals surface area contributed by atoms with Crippen LogP contribution in [-0.4, -0.2) is 68.7 Å². The fourth-order valence-corrected chi connectivity index (χ4v) is 10.3. The molecule has 8 rings (SSSR count). The third-order valence-corrected chi connectivity index (χ3v) is 11.9. The van der Waals surface area contributed by atoms with E-state index >= 15 is 0 Å². The van der Waals surface area contributed by atoms with Gasteiger partial charge in [0.1, 0.15) is 0 Å². The van der Waals surface area contributed by atoms with E-state index in [0.717, 1.165) is 37.1 Å². The monoisotopic (exact) mass is 552 g/mol. The van der Waals surface area contributed by atoms with E-state index in [-0.39, 0.29) is 11.5 Å². The molecule has 1 aliphatic carbocycles. The first-order chi connectivity index (χ1) is 20.2. The van der Waals surface area contributed by atoms with Crippen LogP contribution in [0.2, 0.25) is 0 Å². The summed E-state index contributed by atoms with van der Waals surface area (Å²) in [5.41, 5.74) is 4.03. The molecule has 218 valence electrons. The number of benzene rings is 1. The summed E-state index contributed by atoms with van der Waals surface area (Å²) in [5.74, 6) is 0.437. The number of piperidine rings is 1. The largest absolute Gasteiger partial charge is 0.384 e. The number of H-pyrrole nitrogens is 1. The third kappa shape index (κ3) is 4.33. The lowest BCUT2D eigenvalue weighted by atomic mass is 9.54. The topological polar surface area (TPSA) is 55.4 Å². The van der Waals surface area contributed by atoms with Crippen LogP contribution in [-0.2, 0) is 0 Å². The maximum atomic E-state index is 13.1. The van der Waals surface area contributed by atoms with E-state index in [4.69, 9.17) is 4.98 Å². The van der Waals surface area contributed by atoms with Gasteiger partial charge in [0.15, 0.2) is 0 Å². The molecule has 5 nitrogen and oxygen atoms in total. The van der Waals surface area contributed by atoms with Crippen LogP contribution < -0.4 is 0 Å². The van der Waals surface area contributed by atoms with Crippen LogP contribution in [0.25, 0.3) is 27.4 Å². The number of hydrogen-bond donors (Lipinski definition) is 2. The quantitative estimate of drug-likeness (QED) is 0.333. The van der Waals surface area contributed by atoms with E-state index < -0.39 is 5.60 Å². The molecule has 0 radical (unpaired) electrons. The van der Waals surface area contributed by atoms with Gasteiger partial charge in [0.2, 0.25) is 0 Å². The molecule has 5 heteroatoms. The van der Waals surface area contributed by atoms with Crippen molar-refractivity contribution in [3.63, 3.8) is 0 Å². The summed E-state index contributed by atoms with van der Waals surface area (Å²) in [6.07, 6.45) is 22.0. The molecule has 2 N–H and O–H groups in total. The van der Waals surface area contributed by atoms with Crippen molar-refractivity contribution in [2.45, 2.75) is 108 Å². The molecule has 4 saturated heterocycles. The highest BCUT2D eigenvalue weighted by Crippen LogP contribution is 2.62. The molecule has 3 bridgehead atoms. The van der Waals surface area contributed by atoms with Gasteiger partial charge < -0.3 is 15.0 Å². The smallest absolute Gasteiger partial charge is 0.0994 e. The van der Waals surface area contributed by atoms with E-state index in [1.807, 2.05) is 6.20 Å². The second-order valence-corrected chi connectivity index (χ2v) is 14.3. The molecular weight excluding hydrogens is 504 g/mol. The van der Waals surface area contributed by atoms with Crippen molar-refractivity contribution >= 4 is 27.4 Å². The molecule has 41 heavy (non-hydrogen) atoms. The molecule has 0 amide bonds. The number of nitrogens with zero attached hydrogens (tertiary/aromatic N) is 3. The minimum Gasteiger partial charge on any atom is -0.384 e.